The van der Waals surface area contributed by atoms with Crippen LogP contribution in [-0.2, 0) is 18.4 Å². The lowest BCUT2D eigenvalue weighted by atomic mass is 9.75. The second kappa shape index (κ2) is 6.53. The van der Waals surface area contributed by atoms with Crippen LogP contribution in [0.25, 0.3) is 0 Å². The maximum Gasteiger partial charge on any atom is 0.137 e. The lowest BCUT2D eigenvalue weighted by Crippen LogP contribution is -2.36. The first kappa shape index (κ1) is 15.2. The minimum absolute atomic E-state index is 0.210. The predicted octanol–water partition coefficient (Wildman–Crippen LogP) is 2.49. The van der Waals surface area contributed by atoms with E-state index in [9.17, 15) is 4.79 Å². The Bertz CT molecular complexity index is 452. The number of carbonyl (C=O) groups excluding carboxylic acids is 1. The molecule has 0 radical (unpaired) electrons. The summed E-state index contributed by atoms with van der Waals surface area (Å²) in [5, 5.41) is 0. The fourth-order valence-electron chi connectivity index (χ4n) is 3.16. The molecule has 0 bridgehead atoms. The number of aryl methyl sites for hydroxylation is 1. The average molecular weight is 277 g/mol. The molecule has 1 aliphatic carbocycles. The van der Waals surface area contributed by atoms with E-state index in [-0.39, 0.29) is 5.92 Å². The maximum absolute atomic E-state index is 12.1. The van der Waals surface area contributed by atoms with Crippen molar-refractivity contribution in [3.8, 4) is 0 Å². The first-order valence-electron chi connectivity index (χ1n) is 7.64. The number of hydrogen-bond acceptors (Lipinski definition) is 3. The molecule has 112 valence electrons. The van der Waals surface area contributed by atoms with Crippen LogP contribution in [0.3, 0.4) is 0 Å². The van der Waals surface area contributed by atoms with E-state index in [1.54, 1.807) is 0 Å². The molecule has 1 aromatic heterocycles. The summed E-state index contributed by atoms with van der Waals surface area (Å²) < 4.78 is 2.04. The first-order valence-corrected chi connectivity index (χ1v) is 7.64. The average Bonchev–Trinajstić information content (AvgIpc) is 2.77. The molecule has 0 aliphatic heterocycles. The van der Waals surface area contributed by atoms with Gasteiger partial charge in [-0.2, -0.15) is 0 Å². The van der Waals surface area contributed by atoms with Gasteiger partial charge in [-0.05, 0) is 31.7 Å². The molecule has 0 spiro atoms. The lowest BCUT2D eigenvalue weighted by molar-refractivity contribution is -0.126. The van der Waals surface area contributed by atoms with Crippen LogP contribution in [0.15, 0.2) is 12.4 Å². The molecule has 2 rings (SSSR count). The van der Waals surface area contributed by atoms with Crippen molar-refractivity contribution in [3.05, 3.63) is 18.2 Å². The van der Waals surface area contributed by atoms with Crippen molar-refractivity contribution in [2.45, 2.75) is 39.7 Å². The molecule has 1 saturated carbocycles. The number of rotatable bonds is 5. The molecule has 0 N–H and O–H groups in total. The number of imidazole rings is 1. The zero-order chi connectivity index (χ0) is 14.7. The van der Waals surface area contributed by atoms with Gasteiger partial charge in [0, 0.05) is 38.3 Å². The first-order chi connectivity index (χ1) is 9.47. The van der Waals surface area contributed by atoms with E-state index < -0.39 is 0 Å². The number of ketones is 1. The summed E-state index contributed by atoms with van der Waals surface area (Å²) >= 11 is 0. The minimum atomic E-state index is 0.210. The fourth-order valence-corrected chi connectivity index (χ4v) is 3.16. The van der Waals surface area contributed by atoms with Crippen LogP contribution in [0.5, 0.6) is 0 Å². The van der Waals surface area contributed by atoms with Gasteiger partial charge in [-0.15, -0.1) is 0 Å². The number of Topliss-reactive ketones (excluding diaryl/α,β-unsaturated/α-hetero) is 1. The van der Waals surface area contributed by atoms with Crippen molar-refractivity contribution >= 4 is 5.78 Å². The molecule has 2 unspecified atom stereocenters. The van der Waals surface area contributed by atoms with Gasteiger partial charge in [-0.1, -0.05) is 13.8 Å². The predicted molar refractivity (Wildman–Crippen MR) is 80.2 cm³/mol. The van der Waals surface area contributed by atoms with E-state index in [4.69, 9.17) is 0 Å². The zero-order valence-electron chi connectivity index (χ0n) is 13.2. The summed E-state index contributed by atoms with van der Waals surface area (Å²) in [4.78, 5) is 18.7. The van der Waals surface area contributed by atoms with Crippen molar-refractivity contribution in [2.75, 3.05) is 13.6 Å². The molecule has 20 heavy (non-hydrogen) atoms. The van der Waals surface area contributed by atoms with E-state index >= 15 is 0 Å². The highest BCUT2D eigenvalue weighted by Crippen LogP contribution is 2.32. The van der Waals surface area contributed by atoms with Crippen LogP contribution in [-0.4, -0.2) is 33.8 Å². The van der Waals surface area contributed by atoms with E-state index in [1.807, 2.05) is 24.0 Å². The summed E-state index contributed by atoms with van der Waals surface area (Å²) in [7, 11) is 4.09. The molecule has 1 heterocycles. The van der Waals surface area contributed by atoms with Crippen molar-refractivity contribution in [3.63, 3.8) is 0 Å². The van der Waals surface area contributed by atoms with Crippen LogP contribution in [0.4, 0.5) is 0 Å². The van der Waals surface area contributed by atoms with Crippen LogP contribution in [0, 0.1) is 17.8 Å². The summed E-state index contributed by atoms with van der Waals surface area (Å²) in [6.07, 6.45) is 6.69. The van der Waals surface area contributed by atoms with Gasteiger partial charge in [0.15, 0.2) is 0 Å². The van der Waals surface area contributed by atoms with Gasteiger partial charge in [0.1, 0.15) is 11.6 Å². The van der Waals surface area contributed by atoms with E-state index in [0.29, 0.717) is 17.6 Å². The Morgan fingerprint density at radius 2 is 2.25 bits per heavy atom. The van der Waals surface area contributed by atoms with Crippen LogP contribution in [0.1, 0.15) is 38.9 Å². The molecule has 4 heteroatoms. The smallest absolute Gasteiger partial charge is 0.137 e. The zero-order valence-corrected chi connectivity index (χ0v) is 13.2. The van der Waals surface area contributed by atoms with E-state index in [0.717, 1.165) is 38.2 Å². The third-order valence-corrected chi connectivity index (χ3v) is 4.61. The Morgan fingerprint density at radius 1 is 1.50 bits per heavy atom. The van der Waals surface area contributed by atoms with Gasteiger partial charge in [-0.25, -0.2) is 4.98 Å². The van der Waals surface area contributed by atoms with Crippen molar-refractivity contribution in [1.29, 1.82) is 0 Å². The summed E-state index contributed by atoms with van der Waals surface area (Å²) in [6, 6.07) is 0. The van der Waals surface area contributed by atoms with Gasteiger partial charge >= 0.3 is 0 Å². The number of carbonyl (C=O) groups is 1. The Labute approximate surface area is 122 Å². The second-order valence-corrected chi connectivity index (χ2v) is 6.59. The standard InChI is InChI=1S/C16H27N3O/c1-12(2)13-5-6-15(20)14(9-13)10-18(3)11-16-17-7-8-19(16)4/h7-8,12-14H,5-6,9-11H2,1-4H3. The molecule has 0 saturated heterocycles. The minimum Gasteiger partial charge on any atom is -0.337 e. The number of aromatic nitrogens is 2. The monoisotopic (exact) mass is 277 g/mol. The Morgan fingerprint density at radius 3 is 2.85 bits per heavy atom. The van der Waals surface area contributed by atoms with Crippen molar-refractivity contribution in [2.24, 2.45) is 24.8 Å². The van der Waals surface area contributed by atoms with E-state index in [1.165, 1.54) is 0 Å². The second-order valence-electron chi connectivity index (χ2n) is 6.59. The van der Waals surface area contributed by atoms with Crippen molar-refractivity contribution < 1.29 is 4.79 Å². The highest BCUT2D eigenvalue weighted by molar-refractivity contribution is 5.81. The molecule has 0 amide bonds. The highest BCUT2D eigenvalue weighted by atomic mass is 16.1. The molecule has 4 nitrogen and oxygen atoms in total. The Balaban J connectivity index is 1.90. The van der Waals surface area contributed by atoms with Crippen LogP contribution < -0.4 is 0 Å². The SMILES string of the molecule is CC(C)C1CCC(=O)C(CN(C)Cc2nccn2C)C1. The van der Waals surface area contributed by atoms with Gasteiger partial charge in [-0.3, -0.25) is 9.69 Å². The van der Waals surface area contributed by atoms with E-state index in [2.05, 4.69) is 30.8 Å². The quantitative estimate of drug-likeness (QED) is 0.830. The number of nitrogens with zero attached hydrogens (tertiary/aromatic N) is 3. The molecule has 1 fully saturated rings. The van der Waals surface area contributed by atoms with Crippen LogP contribution >= 0.6 is 0 Å². The molecule has 1 aromatic rings. The molecular weight excluding hydrogens is 250 g/mol. The van der Waals surface area contributed by atoms with Crippen LogP contribution in [0.2, 0.25) is 0 Å². The fraction of sp³-hybridized carbons (Fsp3) is 0.750. The molecular formula is C16H27N3O. The third-order valence-electron chi connectivity index (χ3n) is 4.61. The van der Waals surface area contributed by atoms with Gasteiger partial charge in [0.05, 0.1) is 6.54 Å². The molecule has 1 aliphatic rings. The maximum atomic E-state index is 12.1. The highest BCUT2D eigenvalue weighted by Gasteiger charge is 2.30. The summed E-state index contributed by atoms with van der Waals surface area (Å²) in [6.45, 7) is 6.21. The Kier molecular flexibility index (Phi) is 4.97. The topological polar surface area (TPSA) is 38.1 Å². The largest absolute Gasteiger partial charge is 0.337 e. The van der Waals surface area contributed by atoms with Gasteiger partial charge in [0.2, 0.25) is 0 Å². The van der Waals surface area contributed by atoms with Crippen molar-refractivity contribution in [1.82, 2.24) is 14.5 Å². The normalized spacial score (nSPS) is 23.8. The van der Waals surface area contributed by atoms with Gasteiger partial charge < -0.3 is 4.57 Å². The molecule has 2 atom stereocenters. The Hall–Kier alpha value is -1.16. The number of hydrogen-bond donors (Lipinski definition) is 0. The lowest BCUT2D eigenvalue weighted by Gasteiger charge is -2.32. The summed E-state index contributed by atoms with van der Waals surface area (Å²) in [5.74, 6) is 3.11. The third kappa shape index (κ3) is 3.69. The summed E-state index contributed by atoms with van der Waals surface area (Å²) in [5.41, 5.74) is 0. The molecule has 0 aromatic carbocycles. The van der Waals surface area contributed by atoms with Gasteiger partial charge in [0.25, 0.3) is 0 Å².